The van der Waals surface area contributed by atoms with Gasteiger partial charge in [0.15, 0.2) is 0 Å². The number of nitrogens with zero attached hydrogens (tertiary/aromatic N) is 2. The predicted octanol–water partition coefficient (Wildman–Crippen LogP) is 2.26. The first-order valence-corrected chi connectivity index (χ1v) is 13.0. The molecule has 0 saturated carbocycles. The summed E-state index contributed by atoms with van der Waals surface area (Å²) >= 11 is 7.59. The van der Waals surface area contributed by atoms with Crippen LogP contribution in [0.25, 0.3) is 0 Å². The molecule has 2 saturated heterocycles. The number of nitrogens with one attached hydrogen (secondary N) is 2. The minimum Gasteiger partial charge on any atom is -0.370 e. The molecule has 3 aliphatic heterocycles. The minimum absolute atomic E-state index is 0.225. The van der Waals surface area contributed by atoms with Crippen molar-refractivity contribution in [2.24, 2.45) is 17.6 Å². The highest BCUT2D eigenvalue weighted by Gasteiger charge is 2.71. The van der Waals surface area contributed by atoms with E-state index in [9.17, 15) is 24.4 Å². The van der Waals surface area contributed by atoms with Crippen molar-refractivity contribution in [1.82, 2.24) is 5.32 Å². The molecule has 6 rings (SSSR count). The fourth-order valence-corrected chi connectivity index (χ4v) is 7.91. The molecule has 184 valence electrons. The van der Waals surface area contributed by atoms with E-state index in [0.29, 0.717) is 32.4 Å². The quantitative estimate of drug-likeness (QED) is 0.526. The van der Waals surface area contributed by atoms with Crippen molar-refractivity contribution in [3.63, 3.8) is 0 Å². The van der Waals surface area contributed by atoms with Gasteiger partial charge >= 0.3 is 0 Å². The molecule has 0 unspecified atom stereocenters. The lowest BCUT2D eigenvalue weighted by Gasteiger charge is -2.29. The summed E-state index contributed by atoms with van der Waals surface area (Å²) in [6, 6.07) is 4.70. The number of fused-ring (bicyclic) bond motifs is 5. The second kappa shape index (κ2) is 7.87. The number of aryl methyl sites for hydroxylation is 1. The lowest BCUT2D eigenvalue weighted by atomic mass is 9.76. The SMILES string of the molecule is Cc1c(Cl)ccc2c1NC(=O)[C@]21N[C@H](CC(N)=O)[C@H]2C(=O)N(c3sc4c(c3C#N)CCCC4)C(=O)[C@H]21. The molecule has 0 bridgehead atoms. The molecule has 1 aliphatic carbocycles. The molecule has 2 aromatic rings. The molecular weight excluding hydrogens is 502 g/mol. The first kappa shape index (κ1) is 23.2. The van der Waals surface area contributed by atoms with Crippen LogP contribution in [0.5, 0.6) is 0 Å². The second-order valence-corrected chi connectivity index (χ2v) is 11.3. The number of anilines is 2. The molecule has 4 atom stereocenters. The molecule has 4 aliphatic rings. The van der Waals surface area contributed by atoms with E-state index >= 15 is 0 Å². The largest absolute Gasteiger partial charge is 0.370 e. The molecule has 4 amide bonds. The molecule has 4 N–H and O–H groups in total. The third-order valence-corrected chi connectivity index (χ3v) is 9.66. The molecule has 1 spiro atoms. The Balaban J connectivity index is 1.53. The smallest absolute Gasteiger partial charge is 0.250 e. The van der Waals surface area contributed by atoms with E-state index in [1.807, 2.05) is 0 Å². The van der Waals surface area contributed by atoms with Crippen LogP contribution in [0.4, 0.5) is 10.7 Å². The molecule has 0 radical (unpaired) electrons. The molecule has 9 nitrogen and oxygen atoms in total. The topological polar surface area (TPSA) is 145 Å². The lowest BCUT2D eigenvalue weighted by Crippen LogP contribution is -2.53. The van der Waals surface area contributed by atoms with E-state index < -0.39 is 47.0 Å². The number of hydrogen-bond donors (Lipinski definition) is 3. The molecule has 2 fully saturated rings. The van der Waals surface area contributed by atoms with Crippen LogP contribution in [0.3, 0.4) is 0 Å². The highest BCUT2D eigenvalue weighted by Crippen LogP contribution is 2.56. The van der Waals surface area contributed by atoms with Gasteiger partial charge in [-0.2, -0.15) is 5.26 Å². The van der Waals surface area contributed by atoms with Crippen molar-refractivity contribution in [2.75, 3.05) is 10.2 Å². The number of carbonyl (C=O) groups excluding carboxylic acids is 4. The molecule has 1 aromatic heterocycles. The number of primary amides is 1. The van der Waals surface area contributed by atoms with Gasteiger partial charge in [-0.1, -0.05) is 17.7 Å². The Morgan fingerprint density at radius 3 is 2.75 bits per heavy atom. The number of nitrogens with two attached hydrogens (primary N) is 1. The fraction of sp³-hybridized carbons (Fsp3) is 0.400. The Labute approximate surface area is 215 Å². The van der Waals surface area contributed by atoms with Gasteiger partial charge in [-0.25, -0.2) is 4.90 Å². The molecule has 4 heterocycles. The van der Waals surface area contributed by atoms with Gasteiger partial charge in [0.25, 0.3) is 0 Å². The summed E-state index contributed by atoms with van der Waals surface area (Å²) in [5.74, 6) is -4.33. The first-order valence-electron chi connectivity index (χ1n) is 11.8. The van der Waals surface area contributed by atoms with Crippen molar-refractivity contribution in [3.05, 3.63) is 44.3 Å². The first-order chi connectivity index (χ1) is 17.2. The van der Waals surface area contributed by atoms with Crippen LogP contribution in [-0.4, -0.2) is 29.7 Å². The van der Waals surface area contributed by atoms with Crippen molar-refractivity contribution in [2.45, 2.75) is 50.6 Å². The average molecular weight is 524 g/mol. The maximum atomic E-state index is 14.1. The van der Waals surface area contributed by atoms with E-state index in [1.54, 1.807) is 19.1 Å². The van der Waals surface area contributed by atoms with Crippen LogP contribution >= 0.6 is 22.9 Å². The normalized spacial score (nSPS) is 28.2. The van der Waals surface area contributed by atoms with Gasteiger partial charge < -0.3 is 11.1 Å². The summed E-state index contributed by atoms with van der Waals surface area (Å²) in [5, 5.41) is 16.7. The van der Waals surface area contributed by atoms with Crippen molar-refractivity contribution < 1.29 is 19.2 Å². The van der Waals surface area contributed by atoms with Gasteiger partial charge in [-0.15, -0.1) is 11.3 Å². The number of rotatable bonds is 3. The van der Waals surface area contributed by atoms with Gasteiger partial charge in [0, 0.05) is 27.9 Å². The summed E-state index contributed by atoms with van der Waals surface area (Å²) in [6.07, 6.45) is 3.22. The fourth-order valence-electron chi connectivity index (χ4n) is 6.41. The van der Waals surface area contributed by atoms with Crippen LogP contribution in [0.15, 0.2) is 12.1 Å². The number of benzene rings is 1. The number of hydrogen-bond acceptors (Lipinski definition) is 7. The number of halogens is 1. The summed E-state index contributed by atoms with van der Waals surface area (Å²) in [7, 11) is 0. The highest BCUT2D eigenvalue weighted by molar-refractivity contribution is 7.17. The van der Waals surface area contributed by atoms with Crippen molar-refractivity contribution >= 4 is 57.3 Å². The van der Waals surface area contributed by atoms with E-state index in [0.717, 1.165) is 41.0 Å². The third kappa shape index (κ3) is 2.85. The number of amides is 4. The Kier molecular flexibility index (Phi) is 5.06. The lowest BCUT2D eigenvalue weighted by molar-refractivity contribution is -0.130. The predicted molar refractivity (Wildman–Crippen MR) is 132 cm³/mol. The standard InChI is InChI=1S/C25H22ClN5O4S/c1-10-14(26)7-6-13-20(10)29-24(35)25(13)19-18(15(30-25)8-17(28)32)21(33)31(22(19)34)23-12(9-27)11-4-2-3-5-16(11)36-23/h6-7,15,18-19,30H,2-5,8H2,1H3,(H2,28,32)(H,29,35)/t15-,18-,19+,25+/m1/s1. The van der Waals surface area contributed by atoms with Crippen molar-refractivity contribution in [3.8, 4) is 6.07 Å². The Hall–Kier alpha value is -3.26. The van der Waals surface area contributed by atoms with E-state index in [1.165, 1.54) is 11.3 Å². The van der Waals surface area contributed by atoms with Gasteiger partial charge in [0.05, 0.1) is 23.1 Å². The molecule has 11 heteroatoms. The Morgan fingerprint density at radius 2 is 2.03 bits per heavy atom. The second-order valence-electron chi connectivity index (χ2n) is 9.80. The van der Waals surface area contributed by atoms with E-state index in [-0.39, 0.29) is 6.42 Å². The number of thiophene rings is 1. The summed E-state index contributed by atoms with van der Waals surface area (Å²) in [4.78, 5) is 55.7. The number of carbonyl (C=O) groups is 4. The summed E-state index contributed by atoms with van der Waals surface area (Å²) in [6.45, 7) is 1.76. The third-order valence-electron chi connectivity index (χ3n) is 7.97. The van der Waals surface area contributed by atoms with Gasteiger partial charge in [0.1, 0.15) is 16.6 Å². The summed E-state index contributed by atoms with van der Waals surface area (Å²) in [5.41, 5.74) is 6.82. The highest BCUT2D eigenvalue weighted by atomic mass is 35.5. The Morgan fingerprint density at radius 1 is 1.28 bits per heavy atom. The van der Waals surface area contributed by atoms with Crippen LogP contribution in [0, 0.1) is 30.1 Å². The summed E-state index contributed by atoms with van der Waals surface area (Å²) < 4.78 is 0. The maximum Gasteiger partial charge on any atom is 0.250 e. The maximum absolute atomic E-state index is 14.1. The zero-order chi connectivity index (χ0) is 25.5. The van der Waals surface area contributed by atoms with Crippen LogP contribution in [0.1, 0.15) is 46.4 Å². The monoisotopic (exact) mass is 523 g/mol. The average Bonchev–Trinajstić information content (AvgIpc) is 3.52. The Bertz CT molecular complexity index is 1440. The minimum atomic E-state index is -1.57. The van der Waals surface area contributed by atoms with E-state index in [4.69, 9.17) is 17.3 Å². The zero-order valence-electron chi connectivity index (χ0n) is 19.3. The molecular formula is C25H22ClN5O4S. The van der Waals surface area contributed by atoms with Gasteiger partial charge in [-0.3, -0.25) is 24.5 Å². The van der Waals surface area contributed by atoms with Crippen LogP contribution < -0.4 is 21.3 Å². The molecule has 36 heavy (non-hydrogen) atoms. The van der Waals surface area contributed by atoms with Crippen molar-refractivity contribution in [1.29, 1.82) is 5.26 Å². The van der Waals surface area contributed by atoms with E-state index in [2.05, 4.69) is 16.7 Å². The van der Waals surface area contributed by atoms with Gasteiger partial charge in [0.2, 0.25) is 23.6 Å². The van der Waals surface area contributed by atoms with Crippen LogP contribution in [-0.2, 0) is 37.6 Å². The molecule has 1 aromatic carbocycles. The number of imide groups is 1. The van der Waals surface area contributed by atoms with Crippen LogP contribution in [0.2, 0.25) is 5.02 Å². The zero-order valence-corrected chi connectivity index (χ0v) is 20.9. The van der Waals surface area contributed by atoms with Gasteiger partial charge in [-0.05, 0) is 49.8 Å². The number of nitriles is 1.